The fourth-order valence-electron chi connectivity index (χ4n) is 1.73. The van der Waals surface area contributed by atoms with E-state index in [2.05, 4.69) is 25.2 Å². The maximum atomic E-state index is 8.40. The second-order valence-electron chi connectivity index (χ2n) is 4.44. The zero-order valence-corrected chi connectivity index (χ0v) is 9.28. The molecule has 13 heavy (non-hydrogen) atoms. The molecule has 1 unspecified atom stereocenters. The van der Waals surface area contributed by atoms with Crippen LogP contribution in [-0.2, 0) is 0 Å². The summed E-state index contributed by atoms with van der Waals surface area (Å²) >= 11 is 2.02. The molecule has 0 amide bonds. The van der Waals surface area contributed by atoms with Gasteiger partial charge in [0.15, 0.2) is 0 Å². The van der Waals surface area contributed by atoms with Gasteiger partial charge >= 0.3 is 0 Å². The predicted octanol–water partition coefficient (Wildman–Crippen LogP) is 2.02. The topological polar surface area (TPSA) is 35.8 Å². The molecular weight excluding hydrogens is 180 g/mol. The molecule has 1 heterocycles. The molecule has 0 saturated carbocycles. The lowest BCUT2D eigenvalue weighted by atomic mass is 9.88. The summed E-state index contributed by atoms with van der Waals surface area (Å²) < 4.78 is 0. The summed E-state index contributed by atoms with van der Waals surface area (Å²) in [6, 6.07) is 2.77. The van der Waals surface area contributed by atoms with E-state index in [1.54, 1.807) is 0 Å². The number of thioether (sulfide) groups is 1. The average molecular weight is 198 g/mol. The van der Waals surface area contributed by atoms with E-state index in [0.29, 0.717) is 17.9 Å². The maximum Gasteiger partial charge on any atom is 0.0635 e. The van der Waals surface area contributed by atoms with Crippen molar-refractivity contribution in [3.8, 4) is 6.07 Å². The van der Waals surface area contributed by atoms with Crippen molar-refractivity contribution in [2.24, 2.45) is 5.41 Å². The van der Waals surface area contributed by atoms with Crippen molar-refractivity contribution >= 4 is 11.8 Å². The highest BCUT2D eigenvalue weighted by Crippen LogP contribution is 2.33. The molecule has 0 aliphatic carbocycles. The first-order chi connectivity index (χ1) is 6.14. The number of nitriles is 1. The van der Waals surface area contributed by atoms with Crippen molar-refractivity contribution in [3.63, 3.8) is 0 Å². The van der Waals surface area contributed by atoms with Crippen LogP contribution in [0.3, 0.4) is 0 Å². The molecule has 1 saturated heterocycles. The van der Waals surface area contributed by atoms with Crippen molar-refractivity contribution in [1.82, 2.24) is 5.32 Å². The zero-order chi connectivity index (χ0) is 9.73. The van der Waals surface area contributed by atoms with E-state index >= 15 is 0 Å². The fraction of sp³-hybridized carbons (Fsp3) is 0.900. The molecule has 1 fully saturated rings. The summed E-state index contributed by atoms with van der Waals surface area (Å²) in [5.74, 6) is 2.47. The van der Waals surface area contributed by atoms with E-state index in [1.165, 1.54) is 17.9 Å². The second kappa shape index (κ2) is 4.88. The van der Waals surface area contributed by atoms with Gasteiger partial charge in [-0.15, -0.1) is 0 Å². The quantitative estimate of drug-likeness (QED) is 0.705. The highest BCUT2D eigenvalue weighted by atomic mass is 32.2. The Balaban J connectivity index is 2.23. The van der Waals surface area contributed by atoms with E-state index < -0.39 is 0 Å². The predicted molar refractivity (Wildman–Crippen MR) is 57.7 cm³/mol. The molecule has 1 rings (SSSR count). The molecule has 0 aromatic rings. The van der Waals surface area contributed by atoms with Crippen LogP contribution in [0.25, 0.3) is 0 Å². The van der Waals surface area contributed by atoms with E-state index in [9.17, 15) is 0 Å². The van der Waals surface area contributed by atoms with E-state index in [-0.39, 0.29) is 0 Å². The SMILES string of the molecule is CC1(C)CSCC(NCCC#N)C1. The molecule has 0 bridgehead atoms. The van der Waals surface area contributed by atoms with Gasteiger partial charge in [-0.25, -0.2) is 0 Å². The van der Waals surface area contributed by atoms with Gasteiger partial charge in [-0.1, -0.05) is 13.8 Å². The smallest absolute Gasteiger partial charge is 0.0635 e. The molecule has 1 aliphatic heterocycles. The highest BCUT2D eigenvalue weighted by molar-refractivity contribution is 7.99. The Morgan fingerprint density at radius 1 is 1.62 bits per heavy atom. The van der Waals surface area contributed by atoms with Gasteiger partial charge in [0.1, 0.15) is 0 Å². The lowest BCUT2D eigenvalue weighted by molar-refractivity contribution is 0.320. The van der Waals surface area contributed by atoms with Crippen LogP contribution in [0.4, 0.5) is 0 Å². The highest BCUT2D eigenvalue weighted by Gasteiger charge is 2.27. The number of hydrogen-bond acceptors (Lipinski definition) is 3. The fourth-order valence-corrected chi connectivity index (χ4v) is 3.03. The first kappa shape index (κ1) is 10.9. The van der Waals surface area contributed by atoms with Gasteiger partial charge in [0, 0.05) is 24.8 Å². The molecule has 1 aliphatic rings. The summed E-state index contributed by atoms with van der Waals surface area (Å²) in [7, 11) is 0. The summed E-state index contributed by atoms with van der Waals surface area (Å²) in [6.07, 6.45) is 1.87. The first-order valence-electron chi connectivity index (χ1n) is 4.82. The van der Waals surface area contributed by atoms with Crippen molar-refractivity contribution in [1.29, 1.82) is 5.26 Å². The Bertz CT molecular complexity index is 196. The van der Waals surface area contributed by atoms with Gasteiger partial charge in [-0.3, -0.25) is 0 Å². The molecule has 1 N–H and O–H groups in total. The third kappa shape index (κ3) is 4.02. The van der Waals surface area contributed by atoms with Crippen molar-refractivity contribution in [2.45, 2.75) is 32.7 Å². The zero-order valence-electron chi connectivity index (χ0n) is 8.47. The van der Waals surface area contributed by atoms with Crippen molar-refractivity contribution < 1.29 is 0 Å². The minimum atomic E-state index is 0.466. The van der Waals surface area contributed by atoms with Crippen LogP contribution in [0.15, 0.2) is 0 Å². The summed E-state index contributed by atoms with van der Waals surface area (Å²) in [5.41, 5.74) is 0.466. The summed E-state index contributed by atoms with van der Waals surface area (Å²) in [5, 5.41) is 11.8. The largest absolute Gasteiger partial charge is 0.312 e. The Hall–Kier alpha value is -0.200. The molecule has 74 valence electrons. The monoisotopic (exact) mass is 198 g/mol. The Labute approximate surface area is 85.1 Å². The molecule has 1 atom stereocenters. The summed E-state index contributed by atoms with van der Waals surface area (Å²) in [4.78, 5) is 0. The van der Waals surface area contributed by atoms with E-state index in [0.717, 1.165) is 6.54 Å². The van der Waals surface area contributed by atoms with Crippen molar-refractivity contribution in [3.05, 3.63) is 0 Å². The first-order valence-corrected chi connectivity index (χ1v) is 5.98. The average Bonchev–Trinajstić information content (AvgIpc) is 2.03. The van der Waals surface area contributed by atoms with Gasteiger partial charge in [-0.2, -0.15) is 17.0 Å². The standard InChI is InChI=1S/C10H18N2S/c1-10(2)6-9(7-13-8-10)12-5-3-4-11/h9,12H,3,5-8H2,1-2H3. The number of hydrogen-bond donors (Lipinski definition) is 1. The van der Waals surface area contributed by atoms with Crippen LogP contribution < -0.4 is 5.32 Å². The van der Waals surface area contributed by atoms with E-state index in [1.807, 2.05) is 11.8 Å². The van der Waals surface area contributed by atoms with Gasteiger partial charge in [0.25, 0.3) is 0 Å². The molecule has 2 nitrogen and oxygen atoms in total. The van der Waals surface area contributed by atoms with Gasteiger partial charge in [-0.05, 0) is 17.6 Å². The number of rotatable bonds is 3. The number of nitrogens with one attached hydrogen (secondary N) is 1. The second-order valence-corrected chi connectivity index (χ2v) is 5.47. The molecular formula is C10H18N2S. The minimum absolute atomic E-state index is 0.466. The van der Waals surface area contributed by atoms with Crippen molar-refractivity contribution in [2.75, 3.05) is 18.1 Å². The summed E-state index contributed by atoms with van der Waals surface area (Å²) in [6.45, 7) is 5.48. The molecule has 0 radical (unpaired) electrons. The maximum absolute atomic E-state index is 8.40. The third-order valence-electron chi connectivity index (χ3n) is 2.28. The van der Waals surface area contributed by atoms with Crippen LogP contribution in [0.5, 0.6) is 0 Å². The van der Waals surface area contributed by atoms with E-state index in [4.69, 9.17) is 5.26 Å². The normalized spacial score (nSPS) is 26.7. The minimum Gasteiger partial charge on any atom is -0.312 e. The lowest BCUT2D eigenvalue weighted by Crippen LogP contribution is -2.40. The number of nitrogens with zero attached hydrogens (tertiary/aromatic N) is 1. The van der Waals surface area contributed by atoms with Crippen LogP contribution >= 0.6 is 11.8 Å². The van der Waals surface area contributed by atoms with Crippen LogP contribution in [0.2, 0.25) is 0 Å². The Morgan fingerprint density at radius 3 is 3.00 bits per heavy atom. The third-order valence-corrected chi connectivity index (χ3v) is 3.90. The van der Waals surface area contributed by atoms with Gasteiger partial charge in [0.2, 0.25) is 0 Å². The molecule has 3 heteroatoms. The van der Waals surface area contributed by atoms with Gasteiger partial charge in [0.05, 0.1) is 6.07 Å². The van der Waals surface area contributed by atoms with Crippen LogP contribution in [-0.4, -0.2) is 24.1 Å². The van der Waals surface area contributed by atoms with Crippen LogP contribution in [0, 0.1) is 16.7 Å². The van der Waals surface area contributed by atoms with Gasteiger partial charge < -0.3 is 5.32 Å². The van der Waals surface area contributed by atoms with Crippen LogP contribution in [0.1, 0.15) is 26.7 Å². The Kier molecular flexibility index (Phi) is 4.08. The lowest BCUT2D eigenvalue weighted by Gasteiger charge is -2.35. The molecule has 0 spiro atoms. The molecule has 0 aromatic carbocycles. The Morgan fingerprint density at radius 2 is 2.38 bits per heavy atom. The molecule has 0 aromatic heterocycles.